The van der Waals surface area contributed by atoms with Crippen LogP contribution in [0.1, 0.15) is 18.6 Å². The largest absolute Gasteiger partial charge is 0.458 e. The fourth-order valence-corrected chi connectivity index (χ4v) is 3.55. The average molecular weight is 261 g/mol. The zero-order valence-corrected chi connectivity index (χ0v) is 10.6. The first-order valence-electron chi connectivity index (χ1n) is 6.79. The molecule has 3 aliphatic rings. The second kappa shape index (κ2) is 3.81. The summed E-state index contributed by atoms with van der Waals surface area (Å²) in [5.74, 6) is 0.561. The van der Waals surface area contributed by atoms with Gasteiger partial charge < -0.3 is 9.52 Å². The van der Waals surface area contributed by atoms with Gasteiger partial charge in [-0.3, -0.25) is 4.90 Å². The van der Waals surface area contributed by atoms with Gasteiger partial charge >= 0.3 is 0 Å². The molecule has 3 nitrogen and oxygen atoms in total. The fourth-order valence-electron chi connectivity index (χ4n) is 3.55. The monoisotopic (exact) mass is 261 g/mol. The zero-order valence-electron chi connectivity index (χ0n) is 10.6. The van der Waals surface area contributed by atoms with Crippen molar-refractivity contribution in [1.29, 1.82) is 0 Å². The van der Waals surface area contributed by atoms with Crippen LogP contribution in [0.5, 0.6) is 0 Å². The van der Waals surface area contributed by atoms with Crippen molar-refractivity contribution in [1.82, 2.24) is 4.90 Å². The van der Waals surface area contributed by atoms with Crippen LogP contribution in [0.3, 0.4) is 0 Å². The highest BCUT2D eigenvalue weighted by Gasteiger charge is 2.48. The molecule has 1 aromatic carbocycles. The van der Waals surface area contributed by atoms with Crippen LogP contribution in [0.2, 0.25) is 0 Å². The molecular formula is C15H16FNO2. The van der Waals surface area contributed by atoms with Gasteiger partial charge in [0.1, 0.15) is 22.8 Å². The second-order valence-electron chi connectivity index (χ2n) is 5.77. The maximum atomic E-state index is 13.2. The Labute approximate surface area is 110 Å². The topological polar surface area (TPSA) is 36.6 Å². The molecule has 0 amide bonds. The molecule has 3 aliphatic heterocycles. The minimum atomic E-state index is -0.911. The number of nitrogens with zero attached hydrogens (tertiary/aromatic N) is 1. The number of furan rings is 1. The first-order chi connectivity index (χ1) is 9.15. The van der Waals surface area contributed by atoms with Crippen LogP contribution in [0, 0.1) is 11.7 Å². The molecule has 0 radical (unpaired) electrons. The van der Waals surface area contributed by atoms with E-state index in [0.717, 1.165) is 31.3 Å². The molecule has 1 unspecified atom stereocenters. The first-order valence-corrected chi connectivity index (χ1v) is 6.79. The molecule has 19 heavy (non-hydrogen) atoms. The summed E-state index contributed by atoms with van der Waals surface area (Å²) in [7, 11) is 0. The number of piperidine rings is 3. The highest BCUT2D eigenvalue weighted by Crippen LogP contribution is 2.43. The minimum Gasteiger partial charge on any atom is -0.458 e. The van der Waals surface area contributed by atoms with Gasteiger partial charge in [0.05, 0.1) is 0 Å². The number of hydrogen-bond donors (Lipinski definition) is 1. The standard InChI is InChI=1S/C15H16FNO2/c16-12-1-2-13-10(7-12)8-14(19-13)15(18)9-17-5-3-11(15)4-6-17/h1-2,7-8,11,18H,3-6,9H2. The highest BCUT2D eigenvalue weighted by atomic mass is 19.1. The van der Waals surface area contributed by atoms with E-state index in [0.29, 0.717) is 17.9 Å². The van der Waals surface area contributed by atoms with Crippen LogP contribution in [-0.2, 0) is 5.60 Å². The van der Waals surface area contributed by atoms with Crippen molar-refractivity contribution in [3.05, 3.63) is 35.8 Å². The third kappa shape index (κ3) is 1.63. The number of halogens is 1. The van der Waals surface area contributed by atoms with Crippen molar-refractivity contribution in [2.75, 3.05) is 19.6 Å². The maximum absolute atomic E-state index is 13.2. The van der Waals surface area contributed by atoms with Crippen molar-refractivity contribution in [3.63, 3.8) is 0 Å². The number of aliphatic hydroxyl groups is 1. The van der Waals surface area contributed by atoms with E-state index in [1.54, 1.807) is 12.1 Å². The van der Waals surface area contributed by atoms with Gasteiger partial charge in [-0.1, -0.05) is 0 Å². The minimum absolute atomic E-state index is 0.253. The van der Waals surface area contributed by atoms with Crippen molar-refractivity contribution < 1.29 is 13.9 Å². The lowest BCUT2D eigenvalue weighted by atomic mass is 9.74. The van der Waals surface area contributed by atoms with Crippen molar-refractivity contribution >= 4 is 11.0 Å². The van der Waals surface area contributed by atoms with E-state index in [-0.39, 0.29) is 11.7 Å². The molecule has 2 aromatic rings. The lowest BCUT2D eigenvalue weighted by Crippen LogP contribution is -2.56. The third-order valence-electron chi connectivity index (χ3n) is 4.63. The smallest absolute Gasteiger partial charge is 0.138 e. The molecule has 1 aromatic heterocycles. The van der Waals surface area contributed by atoms with Gasteiger partial charge in [0.15, 0.2) is 0 Å². The van der Waals surface area contributed by atoms with Gasteiger partial charge in [-0.15, -0.1) is 0 Å². The Morgan fingerprint density at radius 2 is 2.05 bits per heavy atom. The Bertz CT molecular complexity index is 630. The first kappa shape index (κ1) is 11.4. The SMILES string of the molecule is OC1(c2cc3cc(F)ccc3o2)CN2CCC1CC2. The number of rotatable bonds is 1. The van der Waals surface area contributed by atoms with Crippen LogP contribution in [0.4, 0.5) is 4.39 Å². The quantitative estimate of drug-likeness (QED) is 0.856. The van der Waals surface area contributed by atoms with Crippen molar-refractivity contribution in [3.8, 4) is 0 Å². The van der Waals surface area contributed by atoms with Gasteiger partial charge in [-0.2, -0.15) is 0 Å². The predicted molar refractivity (Wildman–Crippen MR) is 69.2 cm³/mol. The Morgan fingerprint density at radius 1 is 1.26 bits per heavy atom. The van der Waals surface area contributed by atoms with Gasteiger partial charge in [0, 0.05) is 11.9 Å². The van der Waals surface area contributed by atoms with Gasteiger partial charge in [-0.25, -0.2) is 4.39 Å². The van der Waals surface area contributed by atoms with E-state index in [1.165, 1.54) is 12.1 Å². The molecule has 1 N–H and O–H groups in total. The van der Waals surface area contributed by atoms with Gasteiger partial charge in [-0.05, 0) is 56.1 Å². The molecule has 0 saturated carbocycles. The van der Waals surface area contributed by atoms with Crippen LogP contribution in [-0.4, -0.2) is 29.6 Å². The molecule has 5 rings (SSSR count). The maximum Gasteiger partial charge on any atom is 0.138 e. The van der Waals surface area contributed by atoms with Crippen molar-refractivity contribution in [2.24, 2.45) is 5.92 Å². The summed E-state index contributed by atoms with van der Waals surface area (Å²) in [6.45, 7) is 2.74. The Hall–Kier alpha value is -1.39. The van der Waals surface area contributed by atoms with E-state index in [4.69, 9.17) is 4.42 Å². The van der Waals surface area contributed by atoms with E-state index in [9.17, 15) is 9.50 Å². The molecule has 3 fully saturated rings. The van der Waals surface area contributed by atoms with Crippen LogP contribution in [0.25, 0.3) is 11.0 Å². The van der Waals surface area contributed by atoms with Crippen LogP contribution >= 0.6 is 0 Å². The highest BCUT2D eigenvalue weighted by molar-refractivity contribution is 5.78. The molecule has 0 aliphatic carbocycles. The van der Waals surface area contributed by atoms with Gasteiger partial charge in [0.25, 0.3) is 0 Å². The second-order valence-corrected chi connectivity index (χ2v) is 5.77. The summed E-state index contributed by atoms with van der Waals surface area (Å²) in [5.41, 5.74) is -0.271. The van der Waals surface area contributed by atoms with Crippen LogP contribution < -0.4 is 0 Å². The summed E-state index contributed by atoms with van der Waals surface area (Å²) in [6, 6.07) is 6.25. The lowest BCUT2D eigenvalue weighted by Gasteiger charge is -2.49. The normalized spacial score (nSPS) is 34.0. The summed E-state index contributed by atoms with van der Waals surface area (Å²) < 4.78 is 19.0. The fraction of sp³-hybridized carbons (Fsp3) is 0.467. The Balaban J connectivity index is 1.81. The number of hydrogen-bond acceptors (Lipinski definition) is 3. The van der Waals surface area contributed by atoms with Gasteiger partial charge in [0.2, 0.25) is 0 Å². The molecule has 100 valence electrons. The van der Waals surface area contributed by atoms with E-state index >= 15 is 0 Å². The number of benzene rings is 1. The summed E-state index contributed by atoms with van der Waals surface area (Å²) in [5, 5.41) is 11.7. The summed E-state index contributed by atoms with van der Waals surface area (Å²) in [4.78, 5) is 2.27. The van der Waals surface area contributed by atoms with E-state index < -0.39 is 5.60 Å². The average Bonchev–Trinajstić information content (AvgIpc) is 2.83. The molecule has 4 heterocycles. The molecular weight excluding hydrogens is 245 g/mol. The molecule has 4 heteroatoms. The number of fused-ring (bicyclic) bond motifs is 4. The molecule has 0 spiro atoms. The summed E-state index contributed by atoms with van der Waals surface area (Å²) in [6.07, 6.45) is 2.00. The van der Waals surface area contributed by atoms with Crippen LogP contribution in [0.15, 0.2) is 28.7 Å². The Kier molecular flexibility index (Phi) is 2.29. The Morgan fingerprint density at radius 3 is 2.74 bits per heavy atom. The third-order valence-corrected chi connectivity index (χ3v) is 4.63. The zero-order chi connectivity index (χ0) is 13.0. The lowest BCUT2D eigenvalue weighted by molar-refractivity contribution is -0.128. The molecule has 1 atom stereocenters. The van der Waals surface area contributed by atoms with E-state index in [1.807, 2.05) is 0 Å². The van der Waals surface area contributed by atoms with Crippen molar-refractivity contribution in [2.45, 2.75) is 18.4 Å². The summed E-state index contributed by atoms with van der Waals surface area (Å²) >= 11 is 0. The predicted octanol–water partition coefficient (Wildman–Crippen LogP) is 2.49. The molecule has 2 bridgehead atoms. The molecule has 3 saturated heterocycles. The van der Waals surface area contributed by atoms with E-state index in [2.05, 4.69) is 4.90 Å².